The quantitative estimate of drug-likeness (QED) is 0.518. The molecule has 2 aromatic carbocycles. The van der Waals surface area contributed by atoms with Crippen molar-refractivity contribution < 1.29 is 13.9 Å². The number of hydrogen-bond donors (Lipinski definition) is 3. The fourth-order valence-electron chi connectivity index (χ4n) is 2.90. The van der Waals surface area contributed by atoms with E-state index >= 15 is 0 Å². The third kappa shape index (κ3) is 2.32. The van der Waals surface area contributed by atoms with Crippen LogP contribution in [0.15, 0.2) is 42.5 Å². The first-order chi connectivity index (χ1) is 11.7. The van der Waals surface area contributed by atoms with Crippen molar-refractivity contribution in [2.24, 2.45) is 0 Å². The number of ether oxygens (including phenoxy) is 2. The first kappa shape index (κ1) is 14.4. The second-order valence-electron chi connectivity index (χ2n) is 5.52. The van der Waals surface area contributed by atoms with Gasteiger partial charge in [-0.2, -0.15) is 0 Å². The van der Waals surface area contributed by atoms with Gasteiger partial charge < -0.3 is 14.8 Å². The molecule has 2 aliphatic rings. The zero-order valence-corrected chi connectivity index (χ0v) is 13.2. The predicted octanol–water partition coefficient (Wildman–Crippen LogP) is 4.50. The average Bonchev–Trinajstić information content (AvgIpc) is 3.13. The molecule has 1 aliphatic carbocycles. The minimum Gasteiger partial charge on any atom is -0.497 e. The molecule has 0 spiro atoms. The third-order valence-electron chi connectivity index (χ3n) is 4.05. The van der Waals surface area contributed by atoms with Gasteiger partial charge in [0.25, 0.3) is 0 Å². The lowest BCUT2D eigenvalue weighted by Crippen LogP contribution is -1.94. The Morgan fingerprint density at radius 2 is 1.67 bits per heavy atom. The highest BCUT2D eigenvalue weighted by molar-refractivity contribution is 6.04. The van der Waals surface area contributed by atoms with Crippen LogP contribution >= 0.6 is 0 Å². The summed E-state index contributed by atoms with van der Waals surface area (Å²) in [5.74, 6) is 1.93. The Morgan fingerprint density at radius 3 is 2.38 bits per heavy atom. The van der Waals surface area contributed by atoms with E-state index in [4.69, 9.17) is 9.47 Å². The number of methoxy groups -OCH3 is 2. The van der Waals surface area contributed by atoms with Crippen LogP contribution in [0, 0.1) is 5.82 Å². The lowest BCUT2D eigenvalue weighted by molar-refractivity contribution is 0.395. The van der Waals surface area contributed by atoms with E-state index in [1.165, 1.54) is 12.1 Å². The third-order valence-corrected chi connectivity index (χ3v) is 4.05. The Morgan fingerprint density at radius 1 is 0.917 bits per heavy atom. The smallest absolute Gasteiger partial charge is 0.132 e. The molecule has 4 rings (SSSR count). The maximum Gasteiger partial charge on any atom is 0.132 e. The van der Waals surface area contributed by atoms with Crippen molar-refractivity contribution in [3.05, 3.63) is 48.3 Å². The summed E-state index contributed by atoms with van der Waals surface area (Å²) in [6, 6.07) is 12.3. The average molecular weight is 325 g/mol. The van der Waals surface area contributed by atoms with Crippen molar-refractivity contribution in [2.45, 2.75) is 0 Å². The number of anilines is 2. The Balaban J connectivity index is 1.75. The maximum atomic E-state index is 13.4. The van der Waals surface area contributed by atoms with E-state index in [1.807, 2.05) is 18.2 Å². The number of nitrogens with one attached hydrogen (secondary N) is 3. The molecule has 0 bridgehead atoms. The summed E-state index contributed by atoms with van der Waals surface area (Å²) in [5.41, 5.74) is 2.71. The van der Waals surface area contributed by atoms with E-state index in [1.54, 1.807) is 26.4 Å². The number of halogens is 1. The van der Waals surface area contributed by atoms with Crippen LogP contribution in [-0.2, 0) is 0 Å². The summed E-state index contributed by atoms with van der Waals surface area (Å²) < 4.78 is 24.0. The van der Waals surface area contributed by atoms with Crippen molar-refractivity contribution in [1.29, 1.82) is 0 Å². The van der Waals surface area contributed by atoms with E-state index in [0.717, 1.165) is 33.5 Å². The first-order valence-electron chi connectivity index (χ1n) is 7.46. The largest absolute Gasteiger partial charge is 0.497 e. The molecule has 0 amide bonds. The number of H-pyrrole nitrogens is 2. The fraction of sp³-hybridized carbons (Fsp3) is 0.111. The highest BCUT2D eigenvalue weighted by Gasteiger charge is 2.17. The SMILES string of the molecule is COc1cc(Nc2[nH][nH]c3c4ccc(F)cc4cc2-3)cc(OC)c1. The van der Waals surface area contributed by atoms with Gasteiger partial charge in [-0.1, -0.05) is 0 Å². The lowest BCUT2D eigenvalue weighted by atomic mass is 10.2. The second kappa shape index (κ2) is 5.49. The highest BCUT2D eigenvalue weighted by atomic mass is 19.1. The summed E-state index contributed by atoms with van der Waals surface area (Å²) in [7, 11) is 3.22. The normalized spacial score (nSPS) is 11.1. The monoisotopic (exact) mass is 325 g/mol. The molecule has 0 radical (unpaired) electrons. The topological polar surface area (TPSA) is 62.1 Å². The summed E-state index contributed by atoms with van der Waals surface area (Å²) in [6.45, 7) is 0. The minimum atomic E-state index is -0.244. The molecule has 0 fully saturated rings. The molecule has 1 aliphatic heterocycles. The van der Waals surface area contributed by atoms with Gasteiger partial charge in [0, 0.05) is 34.8 Å². The van der Waals surface area contributed by atoms with Gasteiger partial charge in [-0.25, -0.2) is 4.39 Å². The number of hydrogen-bond acceptors (Lipinski definition) is 3. The predicted molar refractivity (Wildman–Crippen MR) is 92.1 cm³/mol. The molecule has 6 heteroatoms. The van der Waals surface area contributed by atoms with Gasteiger partial charge in [-0.3, -0.25) is 10.2 Å². The van der Waals surface area contributed by atoms with Crippen LogP contribution in [0.3, 0.4) is 0 Å². The molecule has 0 saturated heterocycles. The number of benzene rings is 2. The Bertz CT molecular complexity index is 967. The molecule has 0 aromatic heterocycles. The second-order valence-corrected chi connectivity index (χ2v) is 5.52. The van der Waals surface area contributed by atoms with Crippen LogP contribution in [-0.4, -0.2) is 24.4 Å². The van der Waals surface area contributed by atoms with Crippen molar-refractivity contribution in [1.82, 2.24) is 10.2 Å². The van der Waals surface area contributed by atoms with E-state index in [2.05, 4.69) is 15.5 Å². The summed E-state index contributed by atoms with van der Waals surface area (Å²) in [4.78, 5) is 0. The molecule has 2 aromatic rings. The zero-order valence-electron chi connectivity index (χ0n) is 13.2. The Labute approximate surface area is 137 Å². The van der Waals surface area contributed by atoms with E-state index < -0.39 is 0 Å². The molecule has 0 atom stereocenters. The number of aromatic nitrogens is 2. The van der Waals surface area contributed by atoms with Gasteiger partial charge in [0.05, 0.1) is 19.9 Å². The van der Waals surface area contributed by atoms with Crippen molar-refractivity contribution in [3.63, 3.8) is 0 Å². The van der Waals surface area contributed by atoms with Crippen LogP contribution in [0.4, 0.5) is 15.9 Å². The van der Waals surface area contributed by atoms with Gasteiger partial charge >= 0.3 is 0 Å². The van der Waals surface area contributed by atoms with Gasteiger partial charge in [-0.05, 0) is 29.7 Å². The highest BCUT2D eigenvalue weighted by Crippen LogP contribution is 2.39. The summed E-state index contributed by atoms with van der Waals surface area (Å²) in [5, 5.41) is 11.4. The fourth-order valence-corrected chi connectivity index (χ4v) is 2.90. The molecular weight excluding hydrogens is 309 g/mol. The zero-order chi connectivity index (χ0) is 16.7. The molecule has 1 heterocycles. The summed E-state index contributed by atoms with van der Waals surface area (Å²) in [6.07, 6.45) is 0. The van der Waals surface area contributed by atoms with Crippen molar-refractivity contribution in [3.8, 4) is 22.8 Å². The Hall–Kier alpha value is -3.15. The Kier molecular flexibility index (Phi) is 3.30. The molecule has 0 saturated carbocycles. The first-order valence-corrected chi connectivity index (χ1v) is 7.46. The molecular formula is C18H16FN3O2. The molecule has 122 valence electrons. The minimum absolute atomic E-state index is 0.244. The van der Waals surface area contributed by atoms with E-state index in [9.17, 15) is 4.39 Å². The maximum absolute atomic E-state index is 13.4. The molecule has 0 unspecified atom stereocenters. The lowest BCUT2D eigenvalue weighted by Gasteiger charge is -2.10. The summed E-state index contributed by atoms with van der Waals surface area (Å²) >= 11 is 0. The van der Waals surface area contributed by atoms with Gasteiger partial charge in [0.1, 0.15) is 23.1 Å². The standard InChI is InChI=1S/C18H16FN3O2/c1-23-13-7-12(8-14(9-13)24-2)20-18-16-6-10-5-11(19)3-4-15(10)17(16)21-22-18/h3-9,20-22H,1-2H3. The number of fused-ring (bicyclic) bond motifs is 3. The van der Waals surface area contributed by atoms with Crippen LogP contribution in [0.1, 0.15) is 0 Å². The van der Waals surface area contributed by atoms with Crippen LogP contribution in [0.25, 0.3) is 22.0 Å². The van der Waals surface area contributed by atoms with Gasteiger partial charge in [-0.15, -0.1) is 0 Å². The van der Waals surface area contributed by atoms with E-state index in [-0.39, 0.29) is 5.82 Å². The molecule has 3 N–H and O–H groups in total. The molecule has 24 heavy (non-hydrogen) atoms. The van der Waals surface area contributed by atoms with Crippen LogP contribution in [0.5, 0.6) is 11.5 Å². The molecule has 5 nitrogen and oxygen atoms in total. The number of aromatic amines is 2. The van der Waals surface area contributed by atoms with Gasteiger partial charge in [0.15, 0.2) is 0 Å². The van der Waals surface area contributed by atoms with Gasteiger partial charge in [0.2, 0.25) is 0 Å². The van der Waals surface area contributed by atoms with E-state index in [0.29, 0.717) is 11.5 Å². The van der Waals surface area contributed by atoms with Crippen LogP contribution in [0.2, 0.25) is 0 Å². The van der Waals surface area contributed by atoms with Crippen molar-refractivity contribution >= 4 is 22.3 Å². The van der Waals surface area contributed by atoms with Crippen molar-refractivity contribution in [2.75, 3.05) is 19.5 Å². The van der Waals surface area contributed by atoms with Crippen LogP contribution < -0.4 is 14.8 Å². The number of rotatable bonds is 4.